The van der Waals surface area contributed by atoms with Crippen molar-refractivity contribution in [2.24, 2.45) is 0 Å². The fourth-order valence-electron chi connectivity index (χ4n) is 3.69. The van der Waals surface area contributed by atoms with Gasteiger partial charge in [0.2, 0.25) is 15.9 Å². The van der Waals surface area contributed by atoms with E-state index in [1.807, 2.05) is 24.4 Å². The molecule has 1 aliphatic rings. The number of nitrogens with one attached hydrogen (secondary N) is 2. The second-order valence-electron chi connectivity index (χ2n) is 6.84. The Balaban J connectivity index is 1.54. The topological polar surface area (TPSA) is 82.3 Å². The van der Waals surface area contributed by atoms with Gasteiger partial charge in [-0.3, -0.25) is 4.79 Å². The predicted molar refractivity (Wildman–Crippen MR) is 105 cm³/mol. The fraction of sp³-hybridized carbons (Fsp3) is 0.250. The molecule has 1 unspecified atom stereocenters. The summed E-state index contributed by atoms with van der Waals surface area (Å²) in [5.74, 6) is -0.0127. The van der Waals surface area contributed by atoms with Crippen LogP contribution in [-0.2, 0) is 14.8 Å². The molecule has 7 heteroatoms. The van der Waals surface area contributed by atoms with Gasteiger partial charge in [0.25, 0.3) is 0 Å². The fourth-order valence-corrected chi connectivity index (χ4v) is 5.19. The van der Waals surface area contributed by atoms with Gasteiger partial charge in [-0.1, -0.05) is 18.2 Å². The van der Waals surface area contributed by atoms with Crippen molar-refractivity contribution in [1.29, 1.82) is 0 Å². The number of anilines is 1. The van der Waals surface area contributed by atoms with E-state index in [0.29, 0.717) is 18.8 Å². The van der Waals surface area contributed by atoms with Crippen LogP contribution >= 0.6 is 0 Å². The van der Waals surface area contributed by atoms with Crippen molar-refractivity contribution in [1.82, 2.24) is 9.29 Å². The molecule has 3 aromatic rings. The number of carbonyl (C=O) groups is 1. The molecule has 0 bridgehead atoms. The van der Waals surface area contributed by atoms with Gasteiger partial charge in [-0.25, -0.2) is 8.42 Å². The van der Waals surface area contributed by atoms with E-state index < -0.39 is 10.0 Å². The van der Waals surface area contributed by atoms with E-state index in [9.17, 15) is 13.2 Å². The summed E-state index contributed by atoms with van der Waals surface area (Å²) in [5, 5.41) is 3.80. The minimum atomic E-state index is -3.55. The van der Waals surface area contributed by atoms with E-state index in [2.05, 4.69) is 16.4 Å². The van der Waals surface area contributed by atoms with Crippen molar-refractivity contribution in [3.8, 4) is 0 Å². The van der Waals surface area contributed by atoms with E-state index in [-0.39, 0.29) is 16.7 Å². The molecular formula is C20H21N3O3S. The number of nitrogens with zero attached hydrogens (tertiary/aromatic N) is 1. The lowest BCUT2D eigenvalue weighted by Crippen LogP contribution is -2.28. The average molecular weight is 383 g/mol. The Kier molecular flexibility index (Phi) is 4.49. The number of aromatic nitrogens is 1. The first kappa shape index (κ1) is 17.8. The van der Waals surface area contributed by atoms with Crippen LogP contribution in [0, 0.1) is 0 Å². The molecule has 6 nitrogen and oxygen atoms in total. The van der Waals surface area contributed by atoms with Crippen LogP contribution in [-0.4, -0.2) is 36.7 Å². The van der Waals surface area contributed by atoms with Crippen molar-refractivity contribution >= 4 is 32.5 Å². The molecule has 0 radical (unpaired) electrons. The highest BCUT2D eigenvalue weighted by Gasteiger charge is 2.34. The van der Waals surface area contributed by atoms with Crippen LogP contribution in [0.3, 0.4) is 0 Å². The number of para-hydroxylation sites is 1. The zero-order valence-electron chi connectivity index (χ0n) is 15.0. The molecule has 0 saturated carbocycles. The number of hydrogen-bond acceptors (Lipinski definition) is 3. The summed E-state index contributed by atoms with van der Waals surface area (Å²) >= 11 is 0. The molecule has 140 valence electrons. The predicted octanol–water partition coefficient (Wildman–Crippen LogP) is 3.30. The van der Waals surface area contributed by atoms with Crippen molar-refractivity contribution < 1.29 is 13.2 Å². The van der Waals surface area contributed by atoms with Crippen molar-refractivity contribution in [3.63, 3.8) is 0 Å². The van der Waals surface area contributed by atoms with E-state index in [1.165, 1.54) is 12.5 Å². The van der Waals surface area contributed by atoms with E-state index in [0.717, 1.165) is 17.3 Å². The molecule has 2 aromatic carbocycles. The smallest absolute Gasteiger partial charge is 0.243 e. The molecular weight excluding hydrogens is 362 g/mol. The molecule has 1 fully saturated rings. The third-order valence-electron chi connectivity index (χ3n) is 5.02. The SMILES string of the molecule is CC(=O)Nc1ccc(S(=O)(=O)N2CCC(c3c[nH]c4ccccc34)C2)cc1. The van der Waals surface area contributed by atoms with Crippen LogP contribution < -0.4 is 5.32 Å². The highest BCUT2D eigenvalue weighted by atomic mass is 32.2. The molecule has 0 spiro atoms. The van der Waals surface area contributed by atoms with Crippen molar-refractivity contribution in [2.45, 2.75) is 24.2 Å². The third kappa shape index (κ3) is 3.36. The monoisotopic (exact) mass is 383 g/mol. The molecule has 1 aliphatic heterocycles. The quantitative estimate of drug-likeness (QED) is 0.725. The summed E-state index contributed by atoms with van der Waals surface area (Å²) in [6.07, 6.45) is 2.79. The van der Waals surface area contributed by atoms with Gasteiger partial charge in [-0.05, 0) is 42.3 Å². The lowest BCUT2D eigenvalue weighted by molar-refractivity contribution is -0.114. The first-order valence-corrected chi connectivity index (χ1v) is 10.3. The highest BCUT2D eigenvalue weighted by molar-refractivity contribution is 7.89. The lowest BCUT2D eigenvalue weighted by Gasteiger charge is -2.17. The first-order valence-electron chi connectivity index (χ1n) is 8.89. The number of H-pyrrole nitrogens is 1. The molecule has 2 N–H and O–H groups in total. The van der Waals surface area contributed by atoms with E-state index in [4.69, 9.17) is 0 Å². The first-order chi connectivity index (χ1) is 12.9. The maximum absolute atomic E-state index is 13.0. The van der Waals surface area contributed by atoms with Gasteiger partial charge in [0, 0.05) is 48.7 Å². The van der Waals surface area contributed by atoms with E-state index >= 15 is 0 Å². The molecule has 1 amide bonds. The number of benzene rings is 2. The highest BCUT2D eigenvalue weighted by Crippen LogP contribution is 2.34. The molecule has 1 atom stereocenters. The number of sulfonamides is 1. The Labute approximate surface area is 158 Å². The van der Waals surface area contributed by atoms with E-state index in [1.54, 1.807) is 28.6 Å². The molecule has 1 aromatic heterocycles. The van der Waals surface area contributed by atoms with Gasteiger partial charge in [-0.2, -0.15) is 4.31 Å². The number of hydrogen-bond donors (Lipinski definition) is 2. The van der Waals surface area contributed by atoms with Crippen LogP contribution in [0.15, 0.2) is 59.6 Å². The summed E-state index contributed by atoms with van der Waals surface area (Å²) in [7, 11) is -3.55. The average Bonchev–Trinajstić information content (AvgIpc) is 3.29. The van der Waals surface area contributed by atoms with Gasteiger partial charge in [0.15, 0.2) is 0 Å². The summed E-state index contributed by atoms with van der Waals surface area (Å²) < 4.78 is 27.5. The van der Waals surface area contributed by atoms with Crippen LogP contribution in [0.4, 0.5) is 5.69 Å². The third-order valence-corrected chi connectivity index (χ3v) is 6.90. The lowest BCUT2D eigenvalue weighted by atomic mass is 9.98. The zero-order chi connectivity index (χ0) is 19.0. The zero-order valence-corrected chi connectivity index (χ0v) is 15.8. The molecule has 4 rings (SSSR count). The van der Waals surface area contributed by atoms with Crippen molar-refractivity contribution in [3.05, 3.63) is 60.3 Å². The normalized spacial score (nSPS) is 18.0. The number of carbonyl (C=O) groups excluding carboxylic acids is 1. The summed E-state index contributed by atoms with van der Waals surface area (Å²) in [6.45, 7) is 2.39. The van der Waals surface area contributed by atoms with Crippen LogP contribution in [0.5, 0.6) is 0 Å². The van der Waals surface area contributed by atoms with Gasteiger partial charge in [0.1, 0.15) is 0 Å². The standard InChI is InChI=1S/C20H21N3O3S/c1-14(24)22-16-6-8-17(9-7-16)27(25,26)23-11-10-15(13-23)19-12-21-20-5-3-2-4-18(19)20/h2-9,12,15,21H,10-11,13H2,1H3,(H,22,24). The second kappa shape index (κ2) is 6.83. The second-order valence-corrected chi connectivity index (χ2v) is 8.78. The maximum atomic E-state index is 13.0. The van der Waals surface area contributed by atoms with Gasteiger partial charge >= 0.3 is 0 Å². The minimum absolute atomic E-state index is 0.176. The van der Waals surface area contributed by atoms with Gasteiger partial charge in [0.05, 0.1) is 4.90 Å². The molecule has 27 heavy (non-hydrogen) atoms. The number of fused-ring (bicyclic) bond motifs is 1. The van der Waals surface area contributed by atoms with Crippen LogP contribution in [0.25, 0.3) is 10.9 Å². The van der Waals surface area contributed by atoms with Crippen LogP contribution in [0.1, 0.15) is 24.8 Å². The molecule has 0 aliphatic carbocycles. The number of rotatable bonds is 4. The van der Waals surface area contributed by atoms with Gasteiger partial charge < -0.3 is 10.3 Å². The Morgan fingerprint density at radius 2 is 1.89 bits per heavy atom. The van der Waals surface area contributed by atoms with Crippen molar-refractivity contribution in [2.75, 3.05) is 18.4 Å². The Morgan fingerprint density at radius 1 is 1.15 bits per heavy atom. The Bertz CT molecular complexity index is 1090. The van der Waals surface area contributed by atoms with Gasteiger partial charge in [-0.15, -0.1) is 0 Å². The minimum Gasteiger partial charge on any atom is -0.361 e. The molecule has 1 saturated heterocycles. The Morgan fingerprint density at radius 3 is 2.63 bits per heavy atom. The number of amides is 1. The maximum Gasteiger partial charge on any atom is 0.243 e. The summed E-state index contributed by atoms with van der Waals surface area (Å²) in [4.78, 5) is 14.6. The largest absolute Gasteiger partial charge is 0.361 e. The van der Waals surface area contributed by atoms with Crippen LogP contribution in [0.2, 0.25) is 0 Å². The number of aromatic amines is 1. The summed E-state index contributed by atoms with van der Waals surface area (Å²) in [6, 6.07) is 14.4. The molecule has 2 heterocycles. The summed E-state index contributed by atoms with van der Waals surface area (Å²) in [5.41, 5.74) is 2.83. The Hall–Kier alpha value is -2.64.